The van der Waals surface area contributed by atoms with E-state index in [0.29, 0.717) is 17.8 Å². The van der Waals surface area contributed by atoms with Crippen LogP contribution in [0, 0.1) is 6.92 Å². The second-order valence-corrected chi connectivity index (χ2v) is 12.8. The van der Waals surface area contributed by atoms with E-state index in [1.165, 1.54) is 6.92 Å². The van der Waals surface area contributed by atoms with E-state index < -0.39 is 41.5 Å². The molecule has 0 fully saturated rings. The Kier molecular flexibility index (Phi) is 10.1. The SMILES string of the molecule is Cc1nc(Nc2ccccc2NC=O)nc(Nc2cc(S(=O)(=O)O)cc3cc(S(=O)(=O)O)c(N=Nc4cc(OC=O)cc(OC=O)c4)c(O)c23)n1. The first-order valence-corrected chi connectivity index (χ1v) is 16.7. The lowest BCUT2D eigenvalue weighted by Crippen LogP contribution is -2.08. The predicted octanol–water partition coefficient (Wildman–Crippen LogP) is 4.07. The van der Waals surface area contributed by atoms with Crippen molar-refractivity contribution < 1.29 is 54.9 Å². The van der Waals surface area contributed by atoms with Gasteiger partial charge in [-0.05, 0) is 42.6 Å². The van der Waals surface area contributed by atoms with Crippen molar-refractivity contribution in [3.63, 3.8) is 0 Å². The Hall–Kier alpha value is -6.62. The third kappa shape index (κ3) is 8.34. The molecule has 0 aliphatic rings. The molecule has 1 aromatic heterocycles. The molecule has 0 spiro atoms. The lowest BCUT2D eigenvalue weighted by Gasteiger charge is -2.15. The van der Waals surface area contributed by atoms with E-state index in [4.69, 9.17) is 9.47 Å². The zero-order valence-corrected chi connectivity index (χ0v) is 27.2. The fourth-order valence-electron chi connectivity index (χ4n) is 4.59. The van der Waals surface area contributed by atoms with Crippen molar-refractivity contribution in [3.8, 4) is 17.2 Å². The van der Waals surface area contributed by atoms with Gasteiger partial charge in [0.1, 0.15) is 27.9 Å². The van der Waals surface area contributed by atoms with Crippen LogP contribution >= 0.6 is 0 Å². The van der Waals surface area contributed by atoms with E-state index in [1.807, 2.05) is 0 Å². The Balaban J connectivity index is 1.69. The number of aryl methyl sites for hydroxylation is 1. The van der Waals surface area contributed by atoms with Crippen LogP contribution in [0.25, 0.3) is 10.8 Å². The molecule has 51 heavy (non-hydrogen) atoms. The summed E-state index contributed by atoms with van der Waals surface area (Å²) in [5.74, 6) is -1.44. The molecule has 6 N–H and O–H groups in total. The van der Waals surface area contributed by atoms with Crippen molar-refractivity contribution in [3.05, 3.63) is 66.5 Å². The predicted molar refractivity (Wildman–Crippen MR) is 177 cm³/mol. The number of nitrogens with zero attached hydrogens (tertiary/aromatic N) is 5. The van der Waals surface area contributed by atoms with Crippen LogP contribution in [-0.4, -0.2) is 65.4 Å². The van der Waals surface area contributed by atoms with Crippen molar-refractivity contribution >= 4 is 90.7 Å². The number of aromatic hydroxyl groups is 1. The number of phenolic OH excluding ortho intramolecular Hbond substituents is 1. The van der Waals surface area contributed by atoms with Gasteiger partial charge in [0.05, 0.1) is 27.6 Å². The molecule has 1 amide bonds. The molecule has 0 aliphatic carbocycles. The summed E-state index contributed by atoms with van der Waals surface area (Å²) in [6.07, 6.45) is 0.464. The van der Waals surface area contributed by atoms with E-state index in [2.05, 4.69) is 41.1 Å². The molecule has 0 bridgehead atoms. The Morgan fingerprint density at radius 1 is 0.745 bits per heavy atom. The van der Waals surface area contributed by atoms with Crippen molar-refractivity contribution in [2.45, 2.75) is 16.7 Å². The minimum Gasteiger partial charge on any atom is -0.505 e. The third-order valence-electron chi connectivity index (χ3n) is 6.58. The van der Waals surface area contributed by atoms with Gasteiger partial charge in [0.2, 0.25) is 18.3 Å². The number of amides is 1. The van der Waals surface area contributed by atoms with Gasteiger partial charge in [0, 0.05) is 23.6 Å². The van der Waals surface area contributed by atoms with Crippen molar-refractivity contribution in [1.82, 2.24) is 15.0 Å². The van der Waals surface area contributed by atoms with Crippen LogP contribution in [0.3, 0.4) is 0 Å². The van der Waals surface area contributed by atoms with Gasteiger partial charge in [-0.25, -0.2) is 0 Å². The molecule has 22 heteroatoms. The number of carbonyl (C=O) groups is 3. The molecule has 0 unspecified atom stereocenters. The van der Waals surface area contributed by atoms with E-state index in [-0.39, 0.29) is 64.3 Å². The first kappa shape index (κ1) is 35.7. The Bertz CT molecular complexity index is 2430. The summed E-state index contributed by atoms with van der Waals surface area (Å²) in [4.78, 5) is 43.6. The normalized spacial score (nSPS) is 11.6. The molecule has 0 aliphatic heterocycles. The fraction of sp³-hybridized carbons (Fsp3) is 0.0345. The average molecular weight is 739 g/mol. The van der Waals surface area contributed by atoms with Crippen LogP contribution in [0.4, 0.5) is 40.3 Å². The zero-order valence-electron chi connectivity index (χ0n) is 25.6. The highest BCUT2D eigenvalue weighted by molar-refractivity contribution is 7.86. The summed E-state index contributed by atoms with van der Waals surface area (Å²) < 4.78 is 78.8. The molecule has 0 radical (unpaired) electrons. The average Bonchev–Trinajstić information content (AvgIpc) is 3.04. The minimum atomic E-state index is -5.21. The maximum atomic E-state index is 12.5. The quantitative estimate of drug-likeness (QED) is 0.0531. The van der Waals surface area contributed by atoms with E-state index in [1.54, 1.807) is 24.3 Å². The van der Waals surface area contributed by atoms with Gasteiger partial charge in [0.15, 0.2) is 5.75 Å². The van der Waals surface area contributed by atoms with Gasteiger partial charge in [-0.1, -0.05) is 12.1 Å². The van der Waals surface area contributed by atoms with Crippen LogP contribution in [0.1, 0.15) is 5.82 Å². The molecular formula is C29H22N8O12S2. The summed E-state index contributed by atoms with van der Waals surface area (Å²) in [6, 6.07) is 12.4. The molecule has 1 heterocycles. The highest BCUT2D eigenvalue weighted by Gasteiger charge is 2.26. The number of ether oxygens (including phenoxy) is 2. The summed E-state index contributed by atoms with van der Waals surface area (Å²) >= 11 is 0. The van der Waals surface area contributed by atoms with Crippen LogP contribution in [0.2, 0.25) is 0 Å². The molecule has 0 atom stereocenters. The van der Waals surface area contributed by atoms with Crippen molar-refractivity contribution in [2.75, 3.05) is 16.0 Å². The smallest absolute Gasteiger partial charge is 0.298 e. The monoisotopic (exact) mass is 738 g/mol. The summed E-state index contributed by atoms with van der Waals surface area (Å²) in [6.45, 7) is 1.63. The maximum Gasteiger partial charge on any atom is 0.298 e. The molecule has 262 valence electrons. The topological polar surface area (TPSA) is 298 Å². The number of benzene rings is 4. The second-order valence-electron chi connectivity index (χ2n) is 9.97. The number of hydrogen-bond donors (Lipinski definition) is 6. The van der Waals surface area contributed by atoms with Gasteiger partial charge in [-0.3, -0.25) is 23.5 Å². The van der Waals surface area contributed by atoms with E-state index in [9.17, 15) is 45.4 Å². The van der Waals surface area contributed by atoms with Crippen molar-refractivity contribution in [1.29, 1.82) is 0 Å². The van der Waals surface area contributed by atoms with Crippen LogP contribution < -0.4 is 25.4 Å². The number of nitrogens with one attached hydrogen (secondary N) is 3. The zero-order chi connectivity index (χ0) is 36.9. The number of azo groups is 1. The number of anilines is 5. The van der Waals surface area contributed by atoms with Crippen LogP contribution in [-0.2, 0) is 34.6 Å². The Morgan fingerprint density at radius 3 is 1.92 bits per heavy atom. The number of phenols is 1. The standard InChI is InChI=1S/C29H22N8O12S2/c1-15-31-28(33-22-5-3-2-4-21(22)30-12-38)35-29(32-15)34-23-11-20(50(42,43)44)6-16-7-24(51(45,46)47)26(27(41)25(16)23)37-36-17-8-18(48-13-39)10-19(9-17)49-14-40/h2-14,41H,1H3,(H,30,38)(H,42,43,44)(H,45,46,47)(H2,31,32,33,34,35). The maximum absolute atomic E-state index is 12.5. The highest BCUT2D eigenvalue weighted by Crippen LogP contribution is 2.46. The Morgan fingerprint density at radius 2 is 1.35 bits per heavy atom. The number of carbonyl (C=O) groups excluding carboxylic acids is 3. The van der Waals surface area contributed by atoms with Gasteiger partial charge in [0.25, 0.3) is 33.2 Å². The first-order valence-electron chi connectivity index (χ1n) is 13.8. The molecule has 4 aromatic carbocycles. The number of hydrogen-bond acceptors (Lipinski definition) is 17. The molecule has 0 saturated heterocycles. The number of fused-ring (bicyclic) bond motifs is 1. The molecule has 0 saturated carbocycles. The largest absolute Gasteiger partial charge is 0.505 e. The summed E-state index contributed by atoms with van der Waals surface area (Å²) in [5.41, 5.74) is -0.570. The van der Waals surface area contributed by atoms with E-state index in [0.717, 1.165) is 36.4 Å². The van der Waals surface area contributed by atoms with Crippen LogP contribution in [0.5, 0.6) is 17.2 Å². The summed E-state index contributed by atoms with van der Waals surface area (Å²) in [5, 5.41) is 26.6. The van der Waals surface area contributed by atoms with Gasteiger partial charge in [-0.15, -0.1) is 5.11 Å². The molecular weight excluding hydrogens is 716 g/mol. The fourth-order valence-corrected chi connectivity index (χ4v) is 5.79. The number of rotatable bonds is 14. The minimum absolute atomic E-state index is 0.0496. The number of para-hydroxylation sites is 2. The number of aromatic nitrogens is 3. The van der Waals surface area contributed by atoms with Crippen LogP contribution in [0.15, 0.2) is 80.7 Å². The lowest BCUT2D eigenvalue weighted by atomic mass is 10.1. The molecule has 5 aromatic rings. The van der Waals surface area contributed by atoms with Gasteiger partial charge < -0.3 is 30.5 Å². The van der Waals surface area contributed by atoms with Gasteiger partial charge in [-0.2, -0.15) is 36.9 Å². The molecule has 5 rings (SSSR count). The van der Waals surface area contributed by atoms with Crippen molar-refractivity contribution in [2.24, 2.45) is 10.2 Å². The second kappa shape index (κ2) is 14.5. The summed E-state index contributed by atoms with van der Waals surface area (Å²) in [7, 11) is -10.2. The first-order chi connectivity index (χ1) is 24.2. The molecule has 20 nitrogen and oxygen atoms in total. The third-order valence-corrected chi connectivity index (χ3v) is 8.28. The Labute approximate surface area is 286 Å². The van der Waals surface area contributed by atoms with Gasteiger partial charge >= 0.3 is 0 Å². The van der Waals surface area contributed by atoms with E-state index >= 15 is 0 Å². The highest BCUT2D eigenvalue weighted by atomic mass is 32.2. The lowest BCUT2D eigenvalue weighted by molar-refractivity contribution is -0.121.